The van der Waals surface area contributed by atoms with Crippen LogP contribution in [0.3, 0.4) is 0 Å². The van der Waals surface area contributed by atoms with Crippen LogP contribution in [0, 0.1) is 0 Å². The van der Waals surface area contributed by atoms with Gasteiger partial charge in [0.1, 0.15) is 5.60 Å². The quantitative estimate of drug-likeness (QED) is 0.807. The molecule has 116 valence electrons. The average Bonchev–Trinajstić information content (AvgIpc) is 2.37. The fourth-order valence-corrected chi connectivity index (χ4v) is 3.03. The first kappa shape index (κ1) is 15.9. The van der Waals surface area contributed by atoms with E-state index in [1.54, 1.807) is 0 Å². The van der Waals surface area contributed by atoms with Crippen molar-refractivity contribution in [2.24, 2.45) is 0 Å². The summed E-state index contributed by atoms with van der Waals surface area (Å²) in [6.07, 6.45) is 3.96. The monoisotopic (exact) mass is 289 g/mol. The average molecular weight is 289 g/mol. The van der Waals surface area contributed by atoms with Gasteiger partial charge in [-0.05, 0) is 58.9 Å². The lowest BCUT2D eigenvalue weighted by Gasteiger charge is -2.45. The molecule has 1 aliphatic heterocycles. The van der Waals surface area contributed by atoms with Crippen LogP contribution in [0.15, 0.2) is 30.3 Å². The van der Waals surface area contributed by atoms with Crippen LogP contribution in [0.25, 0.3) is 0 Å². The van der Waals surface area contributed by atoms with Crippen LogP contribution in [0.4, 0.5) is 4.79 Å². The second kappa shape index (κ2) is 6.08. The van der Waals surface area contributed by atoms with Gasteiger partial charge in [-0.1, -0.05) is 30.3 Å². The molecular weight excluding hydrogens is 262 g/mol. The Morgan fingerprint density at radius 3 is 2.52 bits per heavy atom. The van der Waals surface area contributed by atoms with E-state index in [1.165, 1.54) is 12.0 Å². The number of hydrogen-bond acceptors (Lipinski definition) is 2. The van der Waals surface area contributed by atoms with Gasteiger partial charge < -0.3 is 9.64 Å². The lowest BCUT2D eigenvalue weighted by atomic mass is 9.83. The molecule has 1 atom stereocenters. The molecule has 2 rings (SSSR count). The van der Waals surface area contributed by atoms with Gasteiger partial charge in [0, 0.05) is 12.1 Å². The number of piperidine rings is 1. The van der Waals surface area contributed by atoms with E-state index in [2.05, 4.69) is 31.2 Å². The summed E-state index contributed by atoms with van der Waals surface area (Å²) < 4.78 is 5.60. The third-order valence-electron chi connectivity index (χ3n) is 4.04. The molecule has 0 spiro atoms. The van der Waals surface area contributed by atoms with Crippen molar-refractivity contribution < 1.29 is 9.53 Å². The number of rotatable bonds is 2. The van der Waals surface area contributed by atoms with Crippen LogP contribution in [-0.4, -0.2) is 28.7 Å². The maximum Gasteiger partial charge on any atom is 0.410 e. The van der Waals surface area contributed by atoms with Crippen LogP contribution >= 0.6 is 0 Å². The van der Waals surface area contributed by atoms with Gasteiger partial charge in [-0.25, -0.2) is 4.79 Å². The number of benzene rings is 1. The molecule has 1 aromatic carbocycles. The Bertz CT molecular complexity index is 478. The minimum absolute atomic E-state index is 0.151. The molecule has 1 fully saturated rings. The van der Waals surface area contributed by atoms with E-state index in [0.29, 0.717) is 0 Å². The molecule has 1 unspecified atom stereocenters. The second-order valence-electron chi connectivity index (χ2n) is 7.25. The van der Waals surface area contributed by atoms with Gasteiger partial charge in [0.15, 0.2) is 0 Å². The maximum atomic E-state index is 12.5. The molecule has 0 bridgehead atoms. The fraction of sp³-hybridized carbons (Fsp3) is 0.611. The van der Waals surface area contributed by atoms with Crippen molar-refractivity contribution in [3.05, 3.63) is 35.9 Å². The van der Waals surface area contributed by atoms with Gasteiger partial charge in [-0.15, -0.1) is 0 Å². The molecule has 0 aliphatic carbocycles. The van der Waals surface area contributed by atoms with E-state index in [4.69, 9.17) is 4.74 Å². The van der Waals surface area contributed by atoms with Gasteiger partial charge >= 0.3 is 6.09 Å². The minimum atomic E-state index is -0.442. The molecule has 1 aliphatic rings. The highest BCUT2D eigenvalue weighted by atomic mass is 16.6. The molecule has 1 heterocycles. The maximum absolute atomic E-state index is 12.5. The summed E-state index contributed by atoms with van der Waals surface area (Å²) in [4.78, 5) is 14.5. The number of likely N-dealkylation sites (tertiary alicyclic amines) is 1. The third-order valence-corrected chi connectivity index (χ3v) is 4.04. The summed E-state index contributed by atoms with van der Waals surface area (Å²) >= 11 is 0. The lowest BCUT2D eigenvalue weighted by molar-refractivity contribution is -0.0109. The van der Waals surface area contributed by atoms with Gasteiger partial charge in [-0.3, -0.25) is 0 Å². The number of carbonyl (C=O) groups excluding carboxylic acids is 1. The topological polar surface area (TPSA) is 29.5 Å². The number of ether oxygens (including phenoxy) is 1. The van der Waals surface area contributed by atoms with Crippen molar-refractivity contribution >= 4 is 6.09 Å². The Balaban J connectivity index is 2.15. The second-order valence-corrected chi connectivity index (χ2v) is 7.25. The summed E-state index contributed by atoms with van der Waals surface area (Å²) in [5.41, 5.74) is 0.680. The van der Waals surface area contributed by atoms with Crippen molar-refractivity contribution in [3.8, 4) is 0 Å². The molecule has 1 saturated heterocycles. The smallest absolute Gasteiger partial charge is 0.410 e. The number of hydrogen-bond donors (Lipinski definition) is 0. The summed E-state index contributed by atoms with van der Waals surface area (Å²) in [7, 11) is 0. The van der Waals surface area contributed by atoms with E-state index in [9.17, 15) is 4.79 Å². The summed E-state index contributed by atoms with van der Waals surface area (Å²) in [5, 5.41) is 0. The minimum Gasteiger partial charge on any atom is -0.444 e. The van der Waals surface area contributed by atoms with Crippen LogP contribution in [0.2, 0.25) is 0 Å². The van der Waals surface area contributed by atoms with Gasteiger partial charge in [0.25, 0.3) is 0 Å². The molecule has 0 N–H and O–H groups in total. The molecule has 0 saturated carbocycles. The van der Waals surface area contributed by atoms with Crippen LogP contribution in [0.1, 0.15) is 52.5 Å². The van der Waals surface area contributed by atoms with Crippen LogP contribution in [-0.2, 0) is 11.2 Å². The number of nitrogens with zero attached hydrogens (tertiary/aromatic N) is 1. The first-order chi connectivity index (χ1) is 9.80. The van der Waals surface area contributed by atoms with Crippen molar-refractivity contribution in [1.82, 2.24) is 4.90 Å². The molecule has 0 radical (unpaired) electrons. The van der Waals surface area contributed by atoms with Crippen LogP contribution < -0.4 is 0 Å². The largest absolute Gasteiger partial charge is 0.444 e. The first-order valence-corrected chi connectivity index (χ1v) is 7.85. The van der Waals surface area contributed by atoms with Crippen molar-refractivity contribution in [1.29, 1.82) is 0 Å². The normalized spacial score (nSPS) is 23.0. The van der Waals surface area contributed by atoms with Gasteiger partial charge in [-0.2, -0.15) is 0 Å². The van der Waals surface area contributed by atoms with E-state index in [-0.39, 0.29) is 11.6 Å². The predicted octanol–water partition coefficient (Wildman–Crippen LogP) is 4.41. The standard InChI is InChI=1S/C18H27NO2/c1-17(2,3)21-16(20)19-13-9-8-12-18(19,4)14-15-10-6-5-7-11-15/h5-7,10-11H,8-9,12-14H2,1-4H3. The van der Waals surface area contributed by atoms with E-state index in [1.807, 2.05) is 31.7 Å². The number of amides is 1. The zero-order valence-corrected chi connectivity index (χ0v) is 13.7. The summed E-state index contributed by atoms with van der Waals surface area (Å²) in [6, 6.07) is 10.4. The SMILES string of the molecule is CC(C)(C)OC(=O)N1CCCCC1(C)Cc1ccccc1. The zero-order valence-electron chi connectivity index (χ0n) is 13.7. The molecular formula is C18H27NO2. The van der Waals surface area contributed by atoms with Crippen molar-refractivity contribution in [2.45, 2.75) is 64.5 Å². The van der Waals surface area contributed by atoms with E-state index >= 15 is 0 Å². The molecule has 1 amide bonds. The van der Waals surface area contributed by atoms with Gasteiger partial charge in [0.2, 0.25) is 0 Å². The highest BCUT2D eigenvalue weighted by Gasteiger charge is 2.39. The van der Waals surface area contributed by atoms with E-state index in [0.717, 1.165) is 25.8 Å². The van der Waals surface area contributed by atoms with Crippen molar-refractivity contribution in [2.75, 3.05) is 6.54 Å². The highest BCUT2D eigenvalue weighted by molar-refractivity contribution is 5.69. The first-order valence-electron chi connectivity index (χ1n) is 7.85. The molecule has 1 aromatic rings. The summed E-state index contributed by atoms with van der Waals surface area (Å²) in [6.45, 7) is 8.73. The van der Waals surface area contributed by atoms with Crippen LogP contribution in [0.5, 0.6) is 0 Å². The molecule has 3 nitrogen and oxygen atoms in total. The number of carbonyl (C=O) groups is 1. The van der Waals surface area contributed by atoms with Crippen molar-refractivity contribution in [3.63, 3.8) is 0 Å². The van der Waals surface area contributed by atoms with E-state index < -0.39 is 5.60 Å². The Kier molecular flexibility index (Phi) is 4.60. The summed E-state index contributed by atoms with van der Waals surface area (Å²) in [5.74, 6) is 0. The molecule has 3 heteroatoms. The Hall–Kier alpha value is -1.51. The molecule has 0 aromatic heterocycles. The fourth-order valence-electron chi connectivity index (χ4n) is 3.03. The Labute approximate surface area is 128 Å². The third kappa shape index (κ3) is 4.23. The predicted molar refractivity (Wildman–Crippen MR) is 85.3 cm³/mol. The Morgan fingerprint density at radius 1 is 1.24 bits per heavy atom. The Morgan fingerprint density at radius 2 is 1.90 bits per heavy atom. The molecule has 21 heavy (non-hydrogen) atoms. The lowest BCUT2D eigenvalue weighted by Crippen LogP contribution is -2.55. The van der Waals surface area contributed by atoms with Gasteiger partial charge in [0.05, 0.1) is 0 Å². The highest BCUT2D eigenvalue weighted by Crippen LogP contribution is 2.32. The zero-order chi connectivity index (χ0) is 15.5.